The van der Waals surface area contributed by atoms with E-state index in [4.69, 9.17) is 5.84 Å². The summed E-state index contributed by atoms with van der Waals surface area (Å²) in [5, 5.41) is 2.81. The molecule has 0 aliphatic rings. The van der Waals surface area contributed by atoms with E-state index in [0.29, 0.717) is 18.2 Å². The SMILES string of the molecule is CCN=C(NN)Nc1ccc(OC(F)(F)F)c(Br)c1. The van der Waals surface area contributed by atoms with Gasteiger partial charge in [0.25, 0.3) is 0 Å². The number of aliphatic imine (C=N–C) groups is 1. The number of nitrogens with one attached hydrogen (secondary N) is 2. The lowest BCUT2D eigenvalue weighted by molar-refractivity contribution is -0.274. The van der Waals surface area contributed by atoms with Crippen LogP contribution in [0.2, 0.25) is 0 Å². The molecule has 9 heteroatoms. The largest absolute Gasteiger partial charge is 0.573 e. The van der Waals surface area contributed by atoms with Crippen LogP contribution in [0.5, 0.6) is 5.75 Å². The van der Waals surface area contributed by atoms with Gasteiger partial charge in [-0.25, -0.2) is 5.84 Å². The molecule has 0 heterocycles. The van der Waals surface area contributed by atoms with Gasteiger partial charge in [0, 0.05) is 12.2 Å². The van der Waals surface area contributed by atoms with E-state index < -0.39 is 6.36 Å². The zero-order chi connectivity index (χ0) is 14.5. The highest BCUT2D eigenvalue weighted by Crippen LogP contribution is 2.32. The van der Waals surface area contributed by atoms with Gasteiger partial charge in [-0.05, 0) is 41.1 Å². The first-order valence-electron chi connectivity index (χ1n) is 5.19. The van der Waals surface area contributed by atoms with E-state index in [2.05, 4.69) is 36.4 Å². The summed E-state index contributed by atoms with van der Waals surface area (Å²) >= 11 is 2.99. The number of hydrogen-bond acceptors (Lipinski definition) is 3. The maximum Gasteiger partial charge on any atom is 0.573 e. The molecular weight excluding hydrogens is 329 g/mol. The Morgan fingerprint density at radius 1 is 1.47 bits per heavy atom. The lowest BCUT2D eigenvalue weighted by Gasteiger charge is -2.13. The van der Waals surface area contributed by atoms with Gasteiger partial charge in [0.15, 0.2) is 0 Å². The normalized spacial score (nSPS) is 12.2. The van der Waals surface area contributed by atoms with Crippen molar-refractivity contribution in [1.29, 1.82) is 0 Å². The molecule has 1 aromatic carbocycles. The highest BCUT2D eigenvalue weighted by Gasteiger charge is 2.31. The average molecular weight is 341 g/mol. The first-order valence-corrected chi connectivity index (χ1v) is 5.98. The van der Waals surface area contributed by atoms with Crippen molar-refractivity contribution in [1.82, 2.24) is 5.43 Å². The van der Waals surface area contributed by atoms with Gasteiger partial charge in [0.2, 0.25) is 5.96 Å². The zero-order valence-electron chi connectivity index (χ0n) is 9.88. The topological polar surface area (TPSA) is 71.7 Å². The number of nitrogens with two attached hydrogens (primary N) is 1. The molecule has 4 N–H and O–H groups in total. The van der Waals surface area contributed by atoms with Crippen molar-refractivity contribution in [3.63, 3.8) is 0 Å². The summed E-state index contributed by atoms with van der Waals surface area (Å²) < 4.78 is 40.2. The molecule has 0 aliphatic heterocycles. The Labute approximate surface area is 116 Å². The summed E-state index contributed by atoms with van der Waals surface area (Å²) in [6, 6.07) is 4.01. The van der Waals surface area contributed by atoms with E-state index >= 15 is 0 Å². The molecule has 5 nitrogen and oxygen atoms in total. The second kappa shape index (κ2) is 6.62. The first kappa shape index (κ1) is 15.6. The molecule has 1 aromatic rings. The van der Waals surface area contributed by atoms with Crippen LogP contribution in [-0.4, -0.2) is 18.9 Å². The Kier molecular flexibility index (Phi) is 5.43. The van der Waals surface area contributed by atoms with Crippen LogP contribution in [0, 0.1) is 0 Å². The van der Waals surface area contributed by atoms with Gasteiger partial charge in [-0.1, -0.05) is 0 Å². The summed E-state index contributed by atoms with van der Waals surface area (Å²) in [4.78, 5) is 3.99. The Balaban J connectivity index is 2.85. The number of hydrazine groups is 1. The second-order valence-corrected chi connectivity index (χ2v) is 4.14. The fourth-order valence-electron chi connectivity index (χ4n) is 1.20. The smallest absolute Gasteiger partial charge is 0.405 e. The predicted molar refractivity (Wildman–Crippen MR) is 69.7 cm³/mol. The van der Waals surface area contributed by atoms with E-state index in [1.165, 1.54) is 18.2 Å². The highest BCUT2D eigenvalue weighted by molar-refractivity contribution is 9.10. The molecule has 0 aromatic heterocycles. The van der Waals surface area contributed by atoms with Crippen molar-refractivity contribution in [3.8, 4) is 5.75 Å². The van der Waals surface area contributed by atoms with Gasteiger partial charge >= 0.3 is 6.36 Å². The van der Waals surface area contributed by atoms with Gasteiger partial charge in [-0.3, -0.25) is 10.4 Å². The van der Waals surface area contributed by atoms with Gasteiger partial charge in [-0.15, -0.1) is 13.2 Å². The van der Waals surface area contributed by atoms with Crippen molar-refractivity contribution in [2.75, 3.05) is 11.9 Å². The van der Waals surface area contributed by atoms with E-state index in [1.807, 2.05) is 6.92 Å². The Bertz CT molecular complexity index is 465. The van der Waals surface area contributed by atoms with Crippen molar-refractivity contribution in [3.05, 3.63) is 22.7 Å². The molecule has 0 spiro atoms. The number of nitrogens with zero attached hydrogens (tertiary/aromatic N) is 1. The van der Waals surface area contributed by atoms with Crippen LogP contribution in [0.15, 0.2) is 27.7 Å². The summed E-state index contributed by atoms with van der Waals surface area (Å²) in [5.41, 5.74) is 2.84. The number of halogens is 4. The van der Waals surface area contributed by atoms with Crippen molar-refractivity contribution >= 4 is 27.6 Å². The van der Waals surface area contributed by atoms with E-state index in [0.717, 1.165) is 0 Å². The molecule has 0 saturated heterocycles. The molecule has 0 saturated carbocycles. The van der Waals surface area contributed by atoms with Crippen LogP contribution in [0.3, 0.4) is 0 Å². The highest BCUT2D eigenvalue weighted by atomic mass is 79.9. The molecule has 19 heavy (non-hydrogen) atoms. The number of guanidine groups is 1. The molecule has 0 bridgehead atoms. The van der Waals surface area contributed by atoms with Crippen LogP contribution in [0.4, 0.5) is 18.9 Å². The Morgan fingerprint density at radius 2 is 2.16 bits per heavy atom. The van der Waals surface area contributed by atoms with Crippen LogP contribution >= 0.6 is 15.9 Å². The minimum atomic E-state index is -4.73. The van der Waals surface area contributed by atoms with Crippen molar-refractivity contribution < 1.29 is 17.9 Å². The molecule has 0 radical (unpaired) electrons. The third kappa shape index (κ3) is 5.35. The number of rotatable bonds is 3. The lowest BCUT2D eigenvalue weighted by Crippen LogP contribution is -2.36. The first-order chi connectivity index (χ1) is 8.85. The minimum Gasteiger partial charge on any atom is -0.405 e. The summed E-state index contributed by atoms with van der Waals surface area (Å²) in [5.74, 6) is 5.21. The summed E-state index contributed by atoms with van der Waals surface area (Å²) in [6.45, 7) is 2.32. The average Bonchev–Trinajstić information content (AvgIpc) is 2.30. The number of benzene rings is 1. The van der Waals surface area contributed by atoms with Gasteiger partial charge in [-0.2, -0.15) is 0 Å². The molecule has 0 unspecified atom stereocenters. The number of alkyl halides is 3. The van der Waals surface area contributed by atoms with Crippen molar-refractivity contribution in [2.45, 2.75) is 13.3 Å². The fourth-order valence-corrected chi connectivity index (χ4v) is 1.66. The number of ether oxygens (including phenoxy) is 1. The number of hydrogen-bond donors (Lipinski definition) is 3. The molecule has 0 fully saturated rings. The van der Waals surface area contributed by atoms with Gasteiger partial charge in [0.05, 0.1) is 4.47 Å². The molecule has 0 atom stereocenters. The standard InChI is InChI=1S/C10H12BrF3N4O/c1-2-16-9(18-15)17-6-3-4-8(7(11)5-6)19-10(12,13)14/h3-5H,2,15H2,1H3,(H2,16,17,18). The molecule has 0 aliphatic carbocycles. The maximum atomic E-state index is 12.1. The summed E-state index contributed by atoms with van der Waals surface area (Å²) in [7, 11) is 0. The molecule has 1 rings (SSSR count). The monoisotopic (exact) mass is 340 g/mol. The van der Waals surface area contributed by atoms with Crippen LogP contribution < -0.4 is 21.3 Å². The quantitative estimate of drug-likeness (QED) is 0.342. The maximum absolute atomic E-state index is 12.1. The van der Waals surface area contributed by atoms with E-state index in [-0.39, 0.29) is 10.2 Å². The third-order valence-electron chi connectivity index (χ3n) is 1.87. The Hall–Kier alpha value is -1.48. The predicted octanol–water partition coefficient (Wildman–Crippen LogP) is 2.60. The zero-order valence-corrected chi connectivity index (χ0v) is 11.5. The number of anilines is 1. The van der Waals surface area contributed by atoms with E-state index in [9.17, 15) is 13.2 Å². The Morgan fingerprint density at radius 3 is 2.63 bits per heavy atom. The fraction of sp³-hybridized carbons (Fsp3) is 0.300. The summed E-state index contributed by atoms with van der Waals surface area (Å²) in [6.07, 6.45) is -4.73. The van der Waals surface area contributed by atoms with Crippen LogP contribution in [0.25, 0.3) is 0 Å². The molecule has 0 amide bonds. The van der Waals surface area contributed by atoms with Gasteiger partial charge in [0.1, 0.15) is 5.75 Å². The van der Waals surface area contributed by atoms with E-state index in [1.54, 1.807) is 0 Å². The van der Waals surface area contributed by atoms with Crippen LogP contribution in [-0.2, 0) is 0 Å². The van der Waals surface area contributed by atoms with Crippen molar-refractivity contribution in [2.24, 2.45) is 10.8 Å². The minimum absolute atomic E-state index is 0.155. The van der Waals surface area contributed by atoms with Crippen LogP contribution in [0.1, 0.15) is 6.92 Å². The lowest BCUT2D eigenvalue weighted by atomic mass is 10.3. The molecule has 106 valence electrons. The molecular formula is C10H12BrF3N4O. The third-order valence-corrected chi connectivity index (χ3v) is 2.49. The second-order valence-electron chi connectivity index (χ2n) is 3.29. The van der Waals surface area contributed by atoms with Gasteiger partial charge < -0.3 is 10.1 Å².